The van der Waals surface area contributed by atoms with Gasteiger partial charge in [0.25, 0.3) is 5.91 Å². The van der Waals surface area contributed by atoms with Gasteiger partial charge < -0.3 is 15.4 Å². The number of ether oxygens (including phenoxy) is 1. The van der Waals surface area contributed by atoms with Crippen LogP contribution in [-0.2, 0) is 9.53 Å². The Balaban J connectivity index is 2.30. The highest BCUT2D eigenvalue weighted by Crippen LogP contribution is 2.11. The molecule has 1 aliphatic heterocycles. The van der Waals surface area contributed by atoms with Gasteiger partial charge in [-0.05, 0) is 0 Å². The third kappa shape index (κ3) is 1.91. The van der Waals surface area contributed by atoms with Crippen molar-refractivity contribution in [1.29, 1.82) is 0 Å². The molecule has 1 atom stereocenters. The van der Waals surface area contributed by atoms with Gasteiger partial charge in [0, 0.05) is 26.6 Å². The smallest absolute Gasteiger partial charge is 0.251 e. The zero-order chi connectivity index (χ0) is 8.27. The standard InChI is InChI=1S/C7H14N2O2/c1-9-4-2-6(7(9)10)11-5-3-8/h6H,2-5,8H2,1H3. The van der Waals surface area contributed by atoms with E-state index in [-0.39, 0.29) is 12.0 Å². The summed E-state index contributed by atoms with van der Waals surface area (Å²) in [6, 6.07) is 0. The molecule has 0 bridgehead atoms. The molecule has 0 saturated carbocycles. The van der Waals surface area contributed by atoms with Crippen LogP contribution in [0.2, 0.25) is 0 Å². The summed E-state index contributed by atoms with van der Waals surface area (Å²) in [5.74, 6) is 0.0819. The van der Waals surface area contributed by atoms with Crippen LogP contribution < -0.4 is 5.73 Å². The predicted molar refractivity (Wildman–Crippen MR) is 41.0 cm³/mol. The molecule has 0 aliphatic carbocycles. The molecule has 0 aromatic heterocycles. The van der Waals surface area contributed by atoms with E-state index in [4.69, 9.17) is 10.5 Å². The Morgan fingerprint density at radius 2 is 2.55 bits per heavy atom. The van der Waals surface area contributed by atoms with Crippen LogP contribution in [0.15, 0.2) is 0 Å². The van der Waals surface area contributed by atoms with Crippen LogP contribution in [0, 0.1) is 0 Å². The van der Waals surface area contributed by atoms with Gasteiger partial charge in [0.2, 0.25) is 0 Å². The second-order valence-electron chi connectivity index (χ2n) is 2.70. The van der Waals surface area contributed by atoms with Crippen molar-refractivity contribution in [1.82, 2.24) is 4.90 Å². The second-order valence-corrected chi connectivity index (χ2v) is 2.70. The third-order valence-electron chi connectivity index (χ3n) is 1.82. The quantitative estimate of drug-likeness (QED) is 0.584. The number of amides is 1. The monoisotopic (exact) mass is 158 g/mol. The minimum Gasteiger partial charge on any atom is -0.367 e. The molecule has 64 valence electrons. The minimum absolute atomic E-state index is 0.0819. The topological polar surface area (TPSA) is 55.6 Å². The van der Waals surface area contributed by atoms with Crippen LogP contribution in [0.25, 0.3) is 0 Å². The molecule has 1 amide bonds. The fraction of sp³-hybridized carbons (Fsp3) is 0.857. The molecule has 2 N–H and O–H groups in total. The summed E-state index contributed by atoms with van der Waals surface area (Å²) in [6.45, 7) is 1.76. The molecule has 1 unspecified atom stereocenters. The molecule has 0 spiro atoms. The number of hydrogen-bond donors (Lipinski definition) is 1. The van der Waals surface area contributed by atoms with Crippen molar-refractivity contribution in [3.05, 3.63) is 0 Å². The normalized spacial score (nSPS) is 24.7. The molecular weight excluding hydrogens is 144 g/mol. The van der Waals surface area contributed by atoms with E-state index in [0.717, 1.165) is 13.0 Å². The summed E-state index contributed by atoms with van der Waals surface area (Å²) >= 11 is 0. The van der Waals surface area contributed by atoms with Crippen LogP contribution in [0.3, 0.4) is 0 Å². The highest BCUT2D eigenvalue weighted by molar-refractivity contribution is 5.82. The zero-order valence-electron chi connectivity index (χ0n) is 6.75. The Morgan fingerprint density at radius 3 is 3.00 bits per heavy atom. The number of nitrogens with zero attached hydrogens (tertiary/aromatic N) is 1. The summed E-state index contributed by atoms with van der Waals surface area (Å²) in [5, 5.41) is 0. The molecule has 1 aliphatic rings. The maximum Gasteiger partial charge on any atom is 0.251 e. The summed E-state index contributed by atoms with van der Waals surface area (Å²) in [4.78, 5) is 12.9. The number of rotatable bonds is 3. The number of likely N-dealkylation sites (tertiary alicyclic amines) is 1. The van der Waals surface area contributed by atoms with Gasteiger partial charge in [-0.15, -0.1) is 0 Å². The Hall–Kier alpha value is -0.610. The van der Waals surface area contributed by atoms with Crippen LogP contribution in [0.5, 0.6) is 0 Å². The average Bonchev–Trinajstić information content (AvgIpc) is 2.31. The first-order valence-electron chi connectivity index (χ1n) is 3.82. The van der Waals surface area contributed by atoms with E-state index in [1.807, 2.05) is 0 Å². The van der Waals surface area contributed by atoms with Crippen molar-refractivity contribution >= 4 is 5.91 Å². The lowest BCUT2D eigenvalue weighted by Crippen LogP contribution is -2.28. The van der Waals surface area contributed by atoms with E-state index in [9.17, 15) is 4.79 Å². The molecule has 4 heteroatoms. The molecule has 1 rings (SSSR count). The lowest BCUT2D eigenvalue weighted by molar-refractivity contribution is -0.136. The first-order valence-corrected chi connectivity index (χ1v) is 3.82. The number of nitrogens with two attached hydrogens (primary N) is 1. The van der Waals surface area contributed by atoms with Crippen molar-refractivity contribution in [3.8, 4) is 0 Å². The maximum absolute atomic E-state index is 11.2. The first-order chi connectivity index (χ1) is 5.25. The van der Waals surface area contributed by atoms with Crippen molar-refractivity contribution in [3.63, 3.8) is 0 Å². The molecular formula is C7H14N2O2. The zero-order valence-corrected chi connectivity index (χ0v) is 6.75. The van der Waals surface area contributed by atoms with Gasteiger partial charge in [-0.1, -0.05) is 0 Å². The van der Waals surface area contributed by atoms with Gasteiger partial charge in [0.1, 0.15) is 6.10 Å². The largest absolute Gasteiger partial charge is 0.367 e. The highest BCUT2D eigenvalue weighted by atomic mass is 16.5. The Labute approximate surface area is 66.3 Å². The van der Waals surface area contributed by atoms with Crippen molar-refractivity contribution < 1.29 is 9.53 Å². The van der Waals surface area contributed by atoms with Crippen LogP contribution >= 0.6 is 0 Å². The summed E-state index contributed by atoms with van der Waals surface area (Å²) < 4.78 is 5.22. The predicted octanol–water partition coefficient (Wildman–Crippen LogP) is -0.808. The fourth-order valence-electron chi connectivity index (χ4n) is 1.16. The average molecular weight is 158 g/mol. The minimum atomic E-state index is -0.233. The van der Waals surface area contributed by atoms with Gasteiger partial charge in [-0.2, -0.15) is 0 Å². The molecule has 0 radical (unpaired) electrons. The third-order valence-corrected chi connectivity index (χ3v) is 1.82. The van der Waals surface area contributed by atoms with Gasteiger partial charge in [0.05, 0.1) is 6.61 Å². The van der Waals surface area contributed by atoms with Crippen molar-refractivity contribution in [2.45, 2.75) is 12.5 Å². The number of carbonyl (C=O) groups is 1. The van der Waals surface area contributed by atoms with Gasteiger partial charge in [0.15, 0.2) is 0 Å². The van der Waals surface area contributed by atoms with Crippen LogP contribution in [0.1, 0.15) is 6.42 Å². The second kappa shape index (κ2) is 3.69. The van der Waals surface area contributed by atoms with E-state index in [0.29, 0.717) is 13.2 Å². The summed E-state index contributed by atoms with van der Waals surface area (Å²) in [5.41, 5.74) is 5.24. The molecule has 0 aromatic carbocycles. The molecule has 0 aromatic rings. The molecule has 1 saturated heterocycles. The lowest BCUT2D eigenvalue weighted by Gasteiger charge is -2.09. The number of carbonyl (C=O) groups excluding carboxylic acids is 1. The highest BCUT2D eigenvalue weighted by Gasteiger charge is 2.29. The maximum atomic E-state index is 11.2. The van der Waals surface area contributed by atoms with E-state index in [2.05, 4.69) is 0 Å². The fourth-order valence-corrected chi connectivity index (χ4v) is 1.16. The molecule has 1 fully saturated rings. The molecule has 11 heavy (non-hydrogen) atoms. The van der Waals surface area contributed by atoms with Crippen molar-refractivity contribution in [2.75, 3.05) is 26.7 Å². The summed E-state index contributed by atoms with van der Waals surface area (Å²) in [7, 11) is 1.79. The van der Waals surface area contributed by atoms with Gasteiger partial charge in [-0.25, -0.2) is 0 Å². The molecule has 1 heterocycles. The van der Waals surface area contributed by atoms with Crippen LogP contribution in [-0.4, -0.2) is 43.7 Å². The van der Waals surface area contributed by atoms with Gasteiger partial charge >= 0.3 is 0 Å². The van der Waals surface area contributed by atoms with E-state index in [1.54, 1.807) is 11.9 Å². The van der Waals surface area contributed by atoms with Crippen molar-refractivity contribution in [2.24, 2.45) is 5.73 Å². The SMILES string of the molecule is CN1CCC(OCCN)C1=O. The number of hydrogen-bond acceptors (Lipinski definition) is 3. The van der Waals surface area contributed by atoms with Gasteiger partial charge in [-0.3, -0.25) is 4.79 Å². The lowest BCUT2D eigenvalue weighted by atomic mass is 10.3. The van der Waals surface area contributed by atoms with E-state index >= 15 is 0 Å². The Morgan fingerprint density at radius 1 is 1.82 bits per heavy atom. The summed E-state index contributed by atoms with van der Waals surface area (Å²) in [6.07, 6.45) is 0.568. The number of likely N-dealkylation sites (N-methyl/N-ethyl adjacent to an activating group) is 1. The molecule has 4 nitrogen and oxygen atoms in total. The first kappa shape index (κ1) is 8.49. The van der Waals surface area contributed by atoms with Crippen LogP contribution in [0.4, 0.5) is 0 Å². The van der Waals surface area contributed by atoms with E-state index in [1.165, 1.54) is 0 Å². The Kier molecular flexibility index (Phi) is 2.84. The van der Waals surface area contributed by atoms with E-state index < -0.39 is 0 Å². The Bertz CT molecular complexity index is 149.